The summed E-state index contributed by atoms with van der Waals surface area (Å²) in [4.78, 5) is 20.2. The summed E-state index contributed by atoms with van der Waals surface area (Å²) < 4.78 is 3.32. The lowest BCUT2D eigenvalue weighted by Gasteiger charge is -2.19. The van der Waals surface area contributed by atoms with E-state index in [0.29, 0.717) is 5.82 Å². The number of benzene rings is 1. The number of fused-ring (bicyclic) bond motifs is 3. The number of aryl methyl sites for hydroxylation is 4. The van der Waals surface area contributed by atoms with Gasteiger partial charge in [-0.2, -0.15) is 0 Å². The van der Waals surface area contributed by atoms with Gasteiger partial charge in [0.25, 0.3) is 5.56 Å². The first-order valence-electron chi connectivity index (χ1n) is 8.37. The average molecular weight is 386 g/mol. The molecule has 0 spiro atoms. The van der Waals surface area contributed by atoms with Gasteiger partial charge in [0.15, 0.2) is 5.65 Å². The molecule has 1 aromatic carbocycles. The molecular formula is C19H20BrN3O. The van der Waals surface area contributed by atoms with E-state index in [1.807, 2.05) is 6.92 Å². The van der Waals surface area contributed by atoms with Crippen LogP contribution in [0, 0.1) is 20.8 Å². The smallest absolute Gasteiger partial charge is 0.260 e. The quantitative estimate of drug-likeness (QED) is 0.679. The van der Waals surface area contributed by atoms with E-state index < -0.39 is 0 Å². The predicted octanol–water partition coefficient (Wildman–Crippen LogP) is 4.28. The van der Waals surface area contributed by atoms with Gasteiger partial charge < -0.3 is 4.98 Å². The van der Waals surface area contributed by atoms with Crippen LogP contribution in [-0.4, -0.2) is 14.5 Å². The van der Waals surface area contributed by atoms with E-state index in [9.17, 15) is 4.79 Å². The summed E-state index contributed by atoms with van der Waals surface area (Å²) in [5.41, 5.74) is 6.76. The third-order valence-electron chi connectivity index (χ3n) is 4.92. The second kappa shape index (κ2) is 5.59. The van der Waals surface area contributed by atoms with E-state index >= 15 is 0 Å². The van der Waals surface area contributed by atoms with Crippen LogP contribution in [0.3, 0.4) is 0 Å². The number of rotatable bonds is 1. The summed E-state index contributed by atoms with van der Waals surface area (Å²) in [7, 11) is 0. The lowest BCUT2D eigenvalue weighted by Crippen LogP contribution is -2.11. The maximum Gasteiger partial charge on any atom is 0.260 e. The molecule has 124 valence electrons. The van der Waals surface area contributed by atoms with Crippen LogP contribution in [-0.2, 0) is 12.8 Å². The van der Waals surface area contributed by atoms with Crippen LogP contribution in [0.5, 0.6) is 0 Å². The van der Waals surface area contributed by atoms with E-state index in [0.717, 1.165) is 46.9 Å². The number of nitrogens with zero attached hydrogens (tertiary/aromatic N) is 2. The highest BCUT2D eigenvalue weighted by molar-refractivity contribution is 9.10. The summed E-state index contributed by atoms with van der Waals surface area (Å²) in [6.45, 7) is 6.08. The molecule has 0 unspecified atom stereocenters. The predicted molar refractivity (Wildman–Crippen MR) is 100 cm³/mol. The van der Waals surface area contributed by atoms with Gasteiger partial charge in [-0.25, -0.2) is 4.98 Å². The van der Waals surface area contributed by atoms with Gasteiger partial charge in [-0.1, -0.05) is 15.9 Å². The summed E-state index contributed by atoms with van der Waals surface area (Å²) in [5.74, 6) is 0.663. The molecular weight excluding hydrogens is 366 g/mol. The molecule has 4 nitrogen and oxygen atoms in total. The average Bonchev–Trinajstić information content (AvgIpc) is 2.81. The van der Waals surface area contributed by atoms with Crippen molar-refractivity contribution in [1.82, 2.24) is 14.5 Å². The Hall–Kier alpha value is -1.88. The number of hydrogen-bond donors (Lipinski definition) is 1. The van der Waals surface area contributed by atoms with E-state index in [1.165, 1.54) is 22.4 Å². The fraction of sp³-hybridized carbons (Fsp3) is 0.368. The van der Waals surface area contributed by atoms with Crippen LogP contribution < -0.4 is 5.56 Å². The van der Waals surface area contributed by atoms with Gasteiger partial charge in [0, 0.05) is 10.2 Å². The standard InChI is InChI=1S/C19H20BrN3O/c1-10-8-13(20)9-11(2)17(10)23-15-7-5-4-6-14(15)16-18(23)21-12(3)22-19(16)24/h8-9H,4-7H2,1-3H3,(H,21,22,24). The molecule has 0 bridgehead atoms. The van der Waals surface area contributed by atoms with Gasteiger partial charge in [0.1, 0.15) is 5.82 Å². The second-order valence-electron chi connectivity index (χ2n) is 6.71. The van der Waals surface area contributed by atoms with Crippen molar-refractivity contribution in [3.8, 4) is 5.69 Å². The van der Waals surface area contributed by atoms with Gasteiger partial charge in [-0.05, 0) is 75.3 Å². The number of H-pyrrole nitrogens is 1. The molecule has 0 saturated carbocycles. The number of nitrogens with one attached hydrogen (secondary N) is 1. The molecule has 1 N–H and O–H groups in total. The largest absolute Gasteiger partial charge is 0.310 e. The van der Waals surface area contributed by atoms with Crippen molar-refractivity contribution in [1.29, 1.82) is 0 Å². The summed E-state index contributed by atoms with van der Waals surface area (Å²) in [6, 6.07) is 4.26. The third-order valence-corrected chi connectivity index (χ3v) is 5.38. The lowest BCUT2D eigenvalue weighted by atomic mass is 9.96. The number of hydrogen-bond acceptors (Lipinski definition) is 2. The van der Waals surface area contributed by atoms with E-state index in [4.69, 9.17) is 4.98 Å². The van der Waals surface area contributed by atoms with Crippen LogP contribution in [0.4, 0.5) is 0 Å². The molecule has 3 aromatic rings. The molecule has 1 aliphatic carbocycles. The lowest BCUT2D eigenvalue weighted by molar-refractivity contribution is 0.665. The zero-order chi connectivity index (χ0) is 17.0. The summed E-state index contributed by atoms with van der Waals surface area (Å²) in [6.07, 6.45) is 4.26. The number of halogens is 1. The molecule has 4 rings (SSSR count). The van der Waals surface area contributed by atoms with E-state index in [2.05, 4.69) is 51.5 Å². The normalized spacial score (nSPS) is 14.2. The summed E-state index contributed by atoms with van der Waals surface area (Å²) >= 11 is 3.58. The van der Waals surface area contributed by atoms with Gasteiger partial charge in [-0.3, -0.25) is 9.36 Å². The Morgan fingerprint density at radius 2 is 1.79 bits per heavy atom. The molecule has 0 radical (unpaired) electrons. The molecule has 24 heavy (non-hydrogen) atoms. The zero-order valence-electron chi connectivity index (χ0n) is 14.2. The molecule has 0 saturated heterocycles. The maximum absolute atomic E-state index is 12.6. The zero-order valence-corrected chi connectivity index (χ0v) is 15.7. The monoisotopic (exact) mass is 385 g/mol. The van der Waals surface area contributed by atoms with Crippen molar-refractivity contribution in [2.24, 2.45) is 0 Å². The SMILES string of the molecule is Cc1nc2c(c3c(n2-c2c(C)cc(Br)cc2C)CCCC3)c(=O)[nH]1. The van der Waals surface area contributed by atoms with Crippen molar-refractivity contribution < 1.29 is 0 Å². The van der Waals surface area contributed by atoms with Crippen LogP contribution in [0.2, 0.25) is 0 Å². The Balaban J connectivity index is 2.19. The molecule has 0 fully saturated rings. The Morgan fingerprint density at radius 3 is 2.50 bits per heavy atom. The molecule has 2 aromatic heterocycles. The van der Waals surface area contributed by atoms with Gasteiger partial charge in [0.05, 0.1) is 11.1 Å². The topological polar surface area (TPSA) is 50.7 Å². The molecule has 0 amide bonds. The molecule has 5 heteroatoms. The molecule has 1 aliphatic rings. The first kappa shape index (κ1) is 15.6. The highest BCUT2D eigenvalue weighted by Gasteiger charge is 2.25. The second-order valence-corrected chi connectivity index (χ2v) is 7.62. The first-order valence-corrected chi connectivity index (χ1v) is 9.17. The highest BCUT2D eigenvalue weighted by atomic mass is 79.9. The minimum absolute atomic E-state index is 0.0122. The van der Waals surface area contributed by atoms with Gasteiger partial charge in [-0.15, -0.1) is 0 Å². The van der Waals surface area contributed by atoms with E-state index in [1.54, 1.807) is 0 Å². The molecule has 0 aliphatic heterocycles. The third kappa shape index (κ3) is 2.25. The minimum Gasteiger partial charge on any atom is -0.310 e. The van der Waals surface area contributed by atoms with Crippen LogP contribution >= 0.6 is 15.9 Å². The van der Waals surface area contributed by atoms with Crippen molar-refractivity contribution in [2.75, 3.05) is 0 Å². The summed E-state index contributed by atoms with van der Waals surface area (Å²) in [5, 5.41) is 0.775. The van der Waals surface area contributed by atoms with Gasteiger partial charge >= 0.3 is 0 Å². The molecule has 0 atom stereocenters. The Bertz CT molecular complexity index is 1010. The van der Waals surface area contributed by atoms with Crippen molar-refractivity contribution >= 4 is 27.0 Å². The maximum atomic E-state index is 12.6. The van der Waals surface area contributed by atoms with Crippen LogP contribution in [0.25, 0.3) is 16.7 Å². The molecule has 2 heterocycles. The number of aromatic nitrogens is 3. The highest BCUT2D eigenvalue weighted by Crippen LogP contribution is 2.35. The Morgan fingerprint density at radius 1 is 1.12 bits per heavy atom. The minimum atomic E-state index is -0.0122. The van der Waals surface area contributed by atoms with Crippen LogP contribution in [0.15, 0.2) is 21.4 Å². The van der Waals surface area contributed by atoms with Crippen molar-refractivity contribution in [3.63, 3.8) is 0 Å². The Labute approximate surface area is 149 Å². The van der Waals surface area contributed by atoms with Crippen LogP contribution in [0.1, 0.15) is 41.1 Å². The van der Waals surface area contributed by atoms with E-state index in [-0.39, 0.29) is 5.56 Å². The van der Waals surface area contributed by atoms with Gasteiger partial charge in [0.2, 0.25) is 0 Å². The van der Waals surface area contributed by atoms with Crippen molar-refractivity contribution in [3.05, 3.63) is 55.2 Å². The number of aromatic amines is 1. The first-order chi connectivity index (χ1) is 11.5. The van der Waals surface area contributed by atoms with Crippen molar-refractivity contribution in [2.45, 2.75) is 46.5 Å². The fourth-order valence-electron chi connectivity index (χ4n) is 4.03. The Kier molecular flexibility index (Phi) is 3.64. The fourth-order valence-corrected chi connectivity index (χ4v) is 4.72.